The van der Waals surface area contributed by atoms with Crippen molar-refractivity contribution >= 4 is 17.7 Å². The van der Waals surface area contributed by atoms with Crippen LogP contribution in [0.15, 0.2) is 65.3 Å². The lowest BCUT2D eigenvalue weighted by Gasteiger charge is -2.11. The number of ether oxygens (including phenoxy) is 1. The molecule has 0 spiro atoms. The lowest BCUT2D eigenvalue weighted by molar-refractivity contribution is 0.0631. The van der Waals surface area contributed by atoms with Gasteiger partial charge in [0.25, 0.3) is 17.7 Å². The fourth-order valence-electron chi connectivity index (χ4n) is 3.10. The summed E-state index contributed by atoms with van der Waals surface area (Å²) in [6, 6.07) is 13.3. The zero-order chi connectivity index (χ0) is 21.1. The highest BCUT2D eigenvalue weighted by molar-refractivity contribution is 6.22. The highest BCUT2D eigenvalue weighted by atomic mass is 19.1. The number of furan rings is 1. The predicted octanol–water partition coefficient (Wildman–Crippen LogP) is 3.02. The Morgan fingerprint density at radius 1 is 1.03 bits per heavy atom. The number of hydrogen-bond acceptors (Lipinski definition) is 5. The first kappa shape index (κ1) is 19.4. The Morgan fingerprint density at radius 3 is 2.53 bits per heavy atom. The van der Waals surface area contributed by atoms with Crippen LogP contribution in [0.5, 0.6) is 5.75 Å². The molecule has 1 aliphatic heterocycles. The standard InChI is InChI=1S/C22H17FN2O5/c23-15-4-6-16(7-5-15)30-11-9-24-20(26)14-3-8-18-19(12-14)22(28)25(21(18)27)13-17-2-1-10-29-17/h1-8,10,12H,9,11,13H2,(H,24,26). The molecule has 1 aliphatic rings. The minimum Gasteiger partial charge on any atom is -0.492 e. The Kier molecular flexibility index (Phi) is 5.30. The Balaban J connectivity index is 1.36. The topological polar surface area (TPSA) is 88.8 Å². The quantitative estimate of drug-likeness (QED) is 0.480. The molecule has 4 rings (SSSR count). The highest BCUT2D eigenvalue weighted by Crippen LogP contribution is 2.25. The summed E-state index contributed by atoms with van der Waals surface area (Å²) in [4.78, 5) is 38.6. The number of halogens is 1. The van der Waals surface area contributed by atoms with Gasteiger partial charge in [-0.2, -0.15) is 0 Å². The molecule has 8 heteroatoms. The lowest BCUT2D eigenvalue weighted by atomic mass is 10.1. The summed E-state index contributed by atoms with van der Waals surface area (Å²) in [5, 5.41) is 2.68. The van der Waals surface area contributed by atoms with Gasteiger partial charge in [-0.15, -0.1) is 0 Å². The molecule has 2 aromatic carbocycles. The Labute approximate surface area is 171 Å². The Bertz CT molecular complexity index is 1090. The zero-order valence-electron chi connectivity index (χ0n) is 15.8. The van der Waals surface area contributed by atoms with E-state index < -0.39 is 17.7 Å². The first-order valence-corrected chi connectivity index (χ1v) is 9.22. The molecule has 0 saturated heterocycles. The van der Waals surface area contributed by atoms with Crippen LogP contribution >= 0.6 is 0 Å². The molecule has 0 saturated carbocycles. The summed E-state index contributed by atoms with van der Waals surface area (Å²) >= 11 is 0. The molecule has 3 aromatic rings. The van der Waals surface area contributed by atoms with Gasteiger partial charge in [-0.1, -0.05) is 0 Å². The van der Waals surface area contributed by atoms with Crippen molar-refractivity contribution in [2.45, 2.75) is 6.54 Å². The van der Waals surface area contributed by atoms with Gasteiger partial charge >= 0.3 is 0 Å². The average Bonchev–Trinajstić information content (AvgIpc) is 3.35. The van der Waals surface area contributed by atoms with Gasteiger partial charge in [0.05, 0.1) is 30.5 Å². The zero-order valence-corrected chi connectivity index (χ0v) is 15.8. The van der Waals surface area contributed by atoms with Gasteiger partial charge in [0.2, 0.25) is 0 Å². The molecule has 0 atom stereocenters. The van der Waals surface area contributed by atoms with E-state index in [1.165, 1.54) is 48.7 Å². The maximum Gasteiger partial charge on any atom is 0.261 e. The summed E-state index contributed by atoms with van der Waals surface area (Å²) in [7, 11) is 0. The molecule has 3 amide bonds. The third-order valence-electron chi connectivity index (χ3n) is 4.60. The number of hydrogen-bond donors (Lipinski definition) is 1. The van der Waals surface area contributed by atoms with E-state index in [9.17, 15) is 18.8 Å². The van der Waals surface area contributed by atoms with Crippen LogP contribution in [0.1, 0.15) is 36.8 Å². The van der Waals surface area contributed by atoms with E-state index in [-0.39, 0.29) is 42.2 Å². The van der Waals surface area contributed by atoms with Gasteiger partial charge in [-0.05, 0) is 54.6 Å². The second kappa shape index (κ2) is 8.20. The van der Waals surface area contributed by atoms with E-state index in [1.54, 1.807) is 12.1 Å². The van der Waals surface area contributed by atoms with Crippen LogP contribution in [0.4, 0.5) is 4.39 Å². The van der Waals surface area contributed by atoms with Gasteiger partial charge in [0.15, 0.2) is 0 Å². The van der Waals surface area contributed by atoms with Crippen molar-refractivity contribution in [3.8, 4) is 5.75 Å². The normalized spacial score (nSPS) is 12.8. The van der Waals surface area contributed by atoms with Gasteiger partial charge in [-0.3, -0.25) is 19.3 Å². The SMILES string of the molecule is O=C(NCCOc1ccc(F)cc1)c1ccc2c(c1)C(=O)N(Cc1ccco1)C2=O. The van der Waals surface area contributed by atoms with E-state index >= 15 is 0 Å². The molecule has 1 aromatic heterocycles. The first-order valence-electron chi connectivity index (χ1n) is 9.22. The largest absolute Gasteiger partial charge is 0.492 e. The van der Waals surface area contributed by atoms with Crippen molar-refractivity contribution in [2.24, 2.45) is 0 Å². The minimum atomic E-state index is -0.472. The molecule has 0 unspecified atom stereocenters. The van der Waals surface area contributed by atoms with E-state index in [1.807, 2.05) is 0 Å². The van der Waals surface area contributed by atoms with Crippen LogP contribution in [0, 0.1) is 5.82 Å². The van der Waals surface area contributed by atoms with Crippen LogP contribution in [0.3, 0.4) is 0 Å². The number of benzene rings is 2. The first-order chi connectivity index (χ1) is 14.5. The minimum absolute atomic E-state index is 0.0294. The molecule has 30 heavy (non-hydrogen) atoms. The summed E-state index contributed by atoms with van der Waals surface area (Å²) in [6.45, 7) is 0.434. The molecular weight excluding hydrogens is 391 g/mol. The van der Waals surface area contributed by atoms with Crippen molar-refractivity contribution in [2.75, 3.05) is 13.2 Å². The van der Waals surface area contributed by atoms with E-state index in [4.69, 9.17) is 9.15 Å². The Hall–Kier alpha value is -3.94. The van der Waals surface area contributed by atoms with Crippen LogP contribution in [0.25, 0.3) is 0 Å². The highest BCUT2D eigenvalue weighted by Gasteiger charge is 2.36. The van der Waals surface area contributed by atoms with Crippen molar-refractivity contribution in [3.63, 3.8) is 0 Å². The fraction of sp³-hybridized carbons (Fsp3) is 0.136. The summed E-state index contributed by atoms with van der Waals surface area (Å²) in [6.07, 6.45) is 1.47. The van der Waals surface area contributed by atoms with Gasteiger partial charge in [-0.25, -0.2) is 4.39 Å². The van der Waals surface area contributed by atoms with Gasteiger partial charge < -0.3 is 14.5 Å². The van der Waals surface area contributed by atoms with E-state index in [2.05, 4.69) is 5.32 Å². The van der Waals surface area contributed by atoms with Crippen LogP contribution in [-0.4, -0.2) is 35.8 Å². The number of amides is 3. The third kappa shape index (κ3) is 3.93. The van der Waals surface area contributed by atoms with Gasteiger partial charge in [0.1, 0.15) is 23.9 Å². The number of nitrogens with one attached hydrogen (secondary N) is 1. The smallest absolute Gasteiger partial charge is 0.261 e. The number of rotatable bonds is 7. The van der Waals surface area contributed by atoms with Crippen molar-refractivity contribution in [1.82, 2.24) is 10.2 Å². The second-order valence-corrected chi connectivity index (χ2v) is 6.59. The molecule has 2 heterocycles. The number of imide groups is 1. The Morgan fingerprint density at radius 2 is 1.80 bits per heavy atom. The van der Waals surface area contributed by atoms with Crippen molar-refractivity contribution in [1.29, 1.82) is 0 Å². The van der Waals surface area contributed by atoms with Crippen molar-refractivity contribution in [3.05, 3.63) is 89.1 Å². The average molecular weight is 408 g/mol. The van der Waals surface area contributed by atoms with E-state index in [0.717, 1.165) is 4.90 Å². The van der Waals surface area contributed by atoms with Crippen molar-refractivity contribution < 1.29 is 27.9 Å². The number of carbonyl (C=O) groups is 3. The molecule has 7 nitrogen and oxygen atoms in total. The molecule has 0 radical (unpaired) electrons. The summed E-state index contributed by atoms with van der Waals surface area (Å²) in [5.74, 6) is -0.674. The van der Waals surface area contributed by atoms with Gasteiger partial charge in [0, 0.05) is 5.56 Å². The summed E-state index contributed by atoms with van der Waals surface area (Å²) < 4.78 is 23.5. The second-order valence-electron chi connectivity index (χ2n) is 6.59. The monoisotopic (exact) mass is 408 g/mol. The maximum absolute atomic E-state index is 12.9. The molecule has 1 N–H and O–H groups in total. The molecular formula is C22H17FN2O5. The number of carbonyl (C=O) groups excluding carboxylic acids is 3. The maximum atomic E-state index is 12.9. The molecule has 0 fully saturated rings. The van der Waals surface area contributed by atoms with Crippen LogP contribution < -0.4 is 10.1 Å². The number of nitrogens with zero attached hydrogens (tertiary/aromatic N) is 1. The van der Waals surface area contributed by atoms with Crippen LogP contribution in [-0.2, 0) is 6.54 Å². The lowest BCUT2D eigenvalue weighted by Crippen LogP contribution is -2.29. The van der Waals surface area contributed by atoms with E-state index in [0.29, 0.717) is 11.5 Å². The fourth-order valence-corrected chi connectivity index (χ4v) is 3.10. The third-order valence-corrected chi connectivity index (χ3v) is 4.60. The predicted molar refractivity (Wildman–Crippen MR) is 104 cm³/mol. The summed E-state index contributed by atoms with van der Waals surface area (Å²) in [5.41, 5.74) is 0.695. The molecule has 152 valence electrons. The molecule has 0 bridgehead atoms. The van der Waals surface area contributed by atoms with Crippen LogP contribution in [0.2, 0.25) is 0 Å². The number of fused-ring (bicyclic) bond motifs is 1. The molecule has 0 aliphatic carbocycles.